The summed E-state index contributed by atoms with van der Waals surface area (Å²) in [6.07, 6.45) is 42.9. The van der Waals surface area contributed by atoms with Gasteiger partial charge in [0.15, 0.2) is 33.4 Å². The SMILES string of the molecule is COc1ccc(Cc2nc3cnccn3c2Nc2ccc3c(c2)CC/C3=N/O)cc1.CS(=O)(=O)N(c1ccc(-c2nc3cnccn3c2Nc2ccc3c(c2)CC/C3=N\O)cc1)S(C)(=O)=O.Cc1nc2cnccn2c1Nc1ccc2c(c1)CC/C2=N\O.O/N=C1/CCc2cc(Nc3c(C4CCCO4)nc4cnccn34)ccc21.ON=C1CCc2cc(Nc3c(-c4cccn4-c4nccs4)nc4cnccn34)ccc21. The number of aromatic nitrogens is 17. The number of oxime groups is 5. The molecule has 0 radical (unpaired) electrons. The van der Waals surface area contributed by atoms with Crippen molar-refractivity contribution in [1.29, 1.82) is 0 Å². The molecule has 0 saturated carbocycles. The van der Waals surface area contributed by atoms with Gasteiger partial charge in [0.05, 0.1) is 102 Å². The van der Waals surface area contributed by atoms with Gasteiger partial charge >= 0.3 is 0 Å². The number of anilines is 11. The number of methoxy groups -OCH3 is 1. The van der Waals surface area contributed by atoms with Crippen LogP contribution >= 0.6 is 11.3 Å². The molecule has 1 atom stereocenters. The third kappa shape index (κ3) is 19.2. The summed E-state index contributed by atoms with van der Waals surface area (Å²) < 4.78 is 71.9. The summed E-state index contributed by atoms with van der Waals surface area (Å²) in [7, 11) is -6.44. The zero-order valence-electron chi connectivity index (χ0n) is 78.5. The first kappa shape index (κ1) is 93.6. The molecule has 12 aromatic heterocycles. The Morgan fingerprint density at radius 2 is 0.828 bits per heavy atom. The second-order valence-corrected chi connectivity index (χ2v) is 39.8. The number of thiazole rings is 1. The number of hydrogen-bond donors (Lipinski definition) is 10. The van der Waals surface area contributed by atoms with Crippen molar-refractivity contribution >= 4 is 151 Å². The van der Waals surface area contributed by atoms with E-state index in [0.717, 1.165) is 265 Å². The fourth-order valence-electron chi connectivity index (χ4n) is 19.2. The molecule has 39 nitrogen and oxygen atoms in total. The molecule has 1 unspecified atom stereocenters. The van der Waals surface area contributed by atoms with E-state index in [9.17, 15) is 27.3 Å². The third-order valence-corrected chi connectivity index (χ3v) is 29.9. The largest absolute Gasteiger partial charge is 0.497 e. The molecule has 0 bridgehead atoms. The van der Waals surface area contributed by atoms with Crippen molar-refractivity contribution in [2.45, 2.75) is 96.5 Å². The van der Waals surface area contributed by atoms with E-state index in [2.05, 4.69) is 129 Å². The minimum atomic E-state index is -4.05. The number of nitrogens with zero attached hydrogens (tertiary/aromatic N) is 23. The number of aryl methyl sites for hydroxylation is 6. The number of nitrogens with one attached hydrogen (secondary N) is 5. The Hall–Kier alpha value is -17.6. The maximum Gasteiger partial charge on any atom is 0.245 e. The summed E-state index contributed by atoms with van der Waals surface area (Å²) in [6.45, 7) is 2.75. The van der Waals surface area contributed by atoms with Crippen LogP contribution in [0.2, 0.25) is 0 Å². The smallest absolute Gasteiger partial charge is 0.245 e. The van der Waals surface area contributed by atoms with Gasteiger partial charge in [-0.2, -0.15) is 3.71 Å². The average Bonchev–Trinajstić information content (AvgIpc) is 1.33. The maximum absolute atomic E-state index is 12.1. The summed E-state index contributed by atoms with van der Waals surface area (Å²) in [6, 6.07) is 48.4. The molecule has 19 aromatic rings. The molecule has 145 heavy (non-hydrogen) atoms. The van der Waals surface area contributed by atoms with Crippen LogP contribution in [0.1, 0.15) is 129 Å². The minimum Gasteiger partial charge on any atom is -0.497 e. The van der Waals surface area contributed by atoms with Gasteiger partial charge < -0.3 is 62.1 Å². The first-order chi connectivity index (χ1) is 70.7. The summed E-state index contributed by atoms with van der Waals surface area (Å²) in [5, 5.41) is 83.0. The molecule has 42 heteroatoms. The van der Waals surface area contributed by atoms with Crippen molar-refractivity contribution in [3.63, 3.8) is 0 Å². The van der Waals surface area contributed by atoms with E-state index in [1.807, 2.05) is 161 Å². The first-order valence-corrected chi connectivity index (χ1v) is 51.0. The molecule has 13 heterocycles. The predicted molar refractivity (Wildman–Crippen MR) is 553 cm³/mol. The quantitative estimate of drug-likeness (QED) is 0.0250. The fourth-order valence-corrected chi connectivity index (χ4v) is 22.8. The van der Waals surface area contributed by atoms with Crippen molar-refractivity contribution < 1.29 is 52.3 Å². The number of benzene rings is 7. The van der Waals surface area contributed by atoms with Crippen molar-refractivity contribution in [2.24, 2.45) is 25.8 Å². The zero-order chi connectivity index (χ0) is 99.6. The van der Waals surface area contributed by atoms with Crippen LogP contribution in [0.25, 0.3) is 56.0 Å². The average molecular weight is 2000 g/mol. The number of ether oxygens (including phenoxy) is 2. The highest BCUT2D eigenvalue weighted by Gasteiger charge is 2.32. The highest BCUT2D eigenvalue weighted by Crippen LogP contribution is 2.42. The third-order valence-electron chi connectivity index (χ3n) is 25.9. The second kappa shape index (κ2) is 40.2. The van der Waals surface area contributed by atoms with E-state index in [1.165, 1.54) is 34.4 Å². The lowest BCUT2D eigenvalue weighted by Gasteiger charge is -2.19. The van der Waals surface area contributed by atoms with Gasteiger partial charge in [-0.3, -0.25) is 51.5 Å². The monoisotopic (exact) mass is 1990 g/mol. The lowest BCUT2D eigenvalue weighted by molar-refractivity contribution is 0.109. The molecule has 6 aliphatic rings. The molecule has 10 N–H and O–H groups in total. The summed E-state index contributed by atoms with van der Waals surface area (Å²) in [5.41, 5.74) is 29.8. The topological polar surface area (TPSA) is 482 Å². The zero-order valence-corrected chi connectivity index (χ0v) is 80.9. The van der Waals surface area contributed by atoms with Crippen molar-refractivity contribution in [3.8, 4) is 33.5 Å². The molecular weight excluding hydrogens is 1900 g/mol. The summed E-state index contributed by atoms with van der Waals surface area (Å²) >= 11 is 1.57. The number of fused-ring (bicyclic) bond motifs is 10. The Labute approximate surface area is 832 Å². The molecule has 1 fully saturated rings. The first-order valence-electron chi connectivity index (χ1n) is 46.5. The number of hydrogen-bond acceptors (Lipinski definition) is 33. The van der Waals surface area contributed by atoms with Crippen LogP contribution in [0.4, 0.5) is 63.2 Å². The summed E-state index contributed by atoms with van der Waals surface area (Å²) in [4.78, 5) is 48.9. The van der Waals surface area contributed by atoms with E-state index < -0.39 is 20.0 Å². The Morgan fingerprint density at radius 3 is 1.25 bits per heavy atom. The lowest BCUT2D eigenvalue weighted by atomic mass is 10.1. The van der Waals surface area contributed by atoms with Crippen LogP contribution in [0.5, 0.6) is 5.75 Å². The van der Waals surface area contributed by atoms with Crippen LogP contribution in [-0.4, -0.2) is 179 Å². The van der Waals surface area contributed by atoms with Crippen molar-refractivity contribution in [2.75, 3.05) is 56.5 Å². The second-order valence-electron chi connectivity index (χ2n) is 35.0. The highest BCUT2D eigenvalue weighted by molar-refractivity contribution is 8.09. The number of sulfonamides is 2. The fraction of sp³-hybridized carbons (Fsp3) is 0.184. The predicted octanol–water partition coefficient (Wildman–Crippen LogP) is 18.1. The van der Waals surface area contributed by atoms with E-state index in [-0.39, 0.29) is 11.8 Å². The van der Waals surface area contributed by atoms with Gasteiger partial charge in [0.2, 0.25) is 20.0 Å². The van der Waals surface area contributed by atoms with Gasteiger partial charge in [-0.25, -0.2) is 46.7 Å². The lowest BCUT2D eigenvalue weighted by Crippen LogP contribution is -2.35. The van der Waals surface area contributed by atoms with E-state index in [4.69, 9.17) is 40.0 Å². The van der Waals surface area contributed by atoms with Gasteiger partial charge in [0.25, 0.3) is 0 Å². The van der Waals surface area contributed by atoms with E-state index >= 15 is 0 Å². The van der Waals surface area contributed by atoms with Crippen LogP contribution in [0.15, 0.2) is 288 Å². The van der Waals surface area contributed by atoms with Crippen molar-refractivity contribution in [1.82, 2.24) is 81.4 Å². The molecule has 25 rings (SSSR count). The van der Waals surface area contributed by atoms with Crippen LogP contribution < -0.4 is 35.0 Å². The normalized spacial score (nSPS) is 15.8. The van der Waals surface area contributed by atoms with Crippen LogP contribution in [0, 0.1) is 6.92 Å². The molecular formula is C103H94N28O11S3. The Bertz CT molecular complexity index is 8550. The van der Waals surface area contributed by atoms with Crippen LogP contribution in [-0.2, 0) is 63.3 Å². The minimum absolute atomic E-state index is 0.00339. The maximum atomic E-state index is 12.1. The standard InChI is InChI=1S/C23H22N6O5S2.C23H21N5O2.C22H17N7OS.C19H19N5O2.C16H15N5O/c1-35(31,32)29(36(2,33)34)18-7-3-15(4-8-18)22-23(28-12-11-24-14-21(28)26-22)25-17-6-9-19-16(13-17)5-10-20(19)27-30;1-30-18-6-2-15(3-7-18)12-21-23(28-11-10-24-14-22(28)26-21)25-17-5-8-19-16(13-17)4-9-20(19)27-29;30-27-17-6-3-14-12-15(4-5-16(14)17)25-21-20(26-19-13-23-7-10-29(19)21)18-2-1-9-28(18)22-24-8-11-31-22;25-23-15-6-3-12-10-13(4-5-14(12)15)21-19-18(16-2-1-9-26-16)22-17-11-20-7-8-24(17)19;1-10-16(21-7-6-17-9-15(21)18-10)19-12-3-4-13-11(8-12)2-5-14(13)20-22/h3-4,6-9,11-14,25,30H,5,10H2,1-2H3;2-3,5-8,10-11,13-14,25,29H,4,9,12H2,1H3;1-2,4-5,7-13,25,30H,3,6H2;4-5,7-8,10-11,16,21,25H,1-3,6,9H2;3-4,6-9,19,22H,2,5H2,1H3/b27-20+;27-20-;;23-15-;20-14+. The van der Waals surface area contributed by atoms with E-state index in [0.29, 0.717) is 45.0 Å². The molecule has 0 spiro atoms. The van der Waals surface area contributed by atoms with Gasteiger partial charge in [-0.1, -0.05) is 80.4 Å². The molecule has 730 valence electrons. The molecule has 5 aliphatic carbocycles. The van der Waals surface area contributed by atoms with Gasteiger partial charge in [-0.15, -0.1) is 11.3 Å². The van der Waals surface area contributed by atoms with Crippen molar-refractivity contribution in [3.05, 3.63) is 341 Å². The van der Waals surface area contributed by atoms with Gasteiger partial charge in [0, 0.05) is 155 Å². The molecule has 7 aromatic carbocycles. The molecule has 0 amide bonds. The van der Waals surface area contributed by atoms with E-state index in [1.54, 1.807) is 105 Å². The Morgan fingerprint density at radius 1 is 0.434 bits per heavy atom. The number of imidazole rings is 5. The van der Waals surface area contributed by atoms with Gasteiger partial charge in [-0.05, 0) is 214 Å². The summed E-state index contributed by atoms with van der Waals surface area (Å²) in [5.74, 6) is 5.10. The molecule has 1 aliphatic heterocycles. The van der Waals surface area contributed by atoms with Crippen LogP contribution in [0.3, 0.4) is 0 Å². The Balaban J connectivity index is 0.000000108. The molecule has 1 saturated heterocycles. The van der Waals surface area contributed by atoms with Gasteiger partial charge in [0.1, 0.15) is 58.0 Å². The number of rotatable bonds is 20. The Kier molecular flexibility index (Phi) is 25.9. The highest BCUT2D eigenvalue weighted by atomic mass is 32.3.